The van der Waals surface area contributed by atoms with E-state index in [9.17, 15) is 0 Å². The maximum absolute atomic E-state index is 6.19. The average Bonchev–Trinajstić information content (AvgIpc) is 2.37. The lowest BCUT2D eigenvalue weighted by Crippen LogP contribution is -2.37. The number of anilines is 1. The monoisotopic (exact) mass is 344 g/mol. The molecule has 0 radical (unpaired) electrons. The molecule has 1 fully saturated rings. The fourth-order valence-corrected chi connectivity index (χ4v) is 3.37. The van der Waals surface area contributed by atoms with Gasteiger partial charge in [-0.3, -0.25) is 0 Å². The Kier molecular flexibility index (Phi) is 5.55. The molecule has 0 spiro atoms. The molecule has 2 N–H and O–H groups in total. The molecular formula is C15H22BrClN2. The number of hydrogen-bond acceptors (Lipinski definition) is 2. The minimum atomic E-state index is 0.436. The van der Waals surface area contributed by atoms with E-state index in [1.54, 1.807) is 0 Å². The lowest BCUT2D eigenvalue weighted by atomic mass is 9.98. The van der Waals surface area contributed by atoms with Crippen LogP contribution in [0.5, 0.6) is 0 Å². The van der Waals surface area contributed by atoms with Crippen molar-refractivity contribution in [1.29, 1.82) is 0 Å². The normalized spacial score (nSPS) is 21.2. The van der Waals surface area contributed by atoms with Gasteiger partial charge in [0.25, 0.3) is 0 Å². The van der Waals surface area contributed by atoms with Gasteiger partial charge in [-0.1, -0.05) is 18.0 Å². The van der Waals surface area contributed by atoms with Crippen molar-refractivity contribution in [3.8, 4) is 0 Å². The quantitative estimate of drug-likeness (QED) is 0.823. The number of rotatable bonds is 4. The van der Waals surface area contributed by atoms with Gasteiger partial charge in [-0.2, -0.15) is 0 Å². The van der Waals surface area contributed by atoms with E-state index >= 15 is 0 Å². The first-order valence-corrected chi connectivity index (χ1v) is 8.19. The summed E-state index contributed by atoms with van der Waals surface area (Å²) in [5, 5.41) is 7.96. The molecule has 1 aromatic carbocycles. The summed E-state index contributed by atoms with van der Waals surface area (Å²) in [5.41, 5.74) is 2.18. The van der Waals surface area contributed by atoms with Crippen molar-refractivity contribution >= 4 is 33.2 Å². The number of benzene rings is 1. The summed E-state index contributed by atoms with van der Waals surface area (Å²) in [5.74, 6) is 0. The van der Waals surface area contributed by atoms with Crippen molar-refractivity contribution < 1.29 is 0 Å². The maximum Gasteiger partial charge on any atom is 0.0501 e. The maximum atomic E-state index is 6.19. The van der Waals surface area contributed by atoms with Crippen LogP contribution in [-0.4, -0.2) is 18.6 Å². The van der Waals surface area contributed by atoms with E-state index in [0.29, 0.717) is 12.1 Å². The molecule has 0 aliphatic carbocycles. The van der Waals surface area contributed by atoms with Gasteiger partial charge in [-0.15, -0.1) is 0 Å². The number of halogens is 2. The third-order valence-corrected chi connectivity index (χ3v) is 4.76. The van der Waals surface area contributed by atoms with Crippen LogP contribution in [-0.2, 0) is 0 Å². The summed E-state index contributed by atoms with van der Waals surface area (Å²) in [4.78, 5) is 0. The van der Waals surface area contributed by atoms with Crippen LogP contribution in [0.4, 0.5) is 5.69 Å². The predicted octanol–water partition coefficient (Wildman–Crippen LogP) is 4.74. The van der Waals surface area contributed by atoms with Gasteiger partial charge in [0.2, 0.25) is 0 Å². The molecule has 2 unspecified atom stereocenters. The topological polar surface area (TPSA) is 24.1 Å². The Bertz CT molecular complexity index is 430. The van der Waals surface area contributed by atoms with Crippen LogP contribution < -0.4 is 10.6 Å². The summed E-state index contributed by atoms with van der Waals surface area (Å²) >= 11 is 9.79. The number of hydrogen-bond donors (Lipinski definition) is 2. The van der Waals surface area contributed by atoms with Gasteiger partial charge < -0.3 is 10.6 Å². The van der Waals surface area contributed by atoms with Crippen LogP contribution >= 0.6 is 27.5 Å². The molecule has 0 saturated carbocycles. The van der Waals surface area contributed by atoms with Crippen LogP contribution in [0.15, 0.2) is 16.6 Å². The van der Waals surface area contributed by atoms with Crippen LogP contribution in [0.1, 0.15) is 38.2 Å². The fraction of sp³-hybridized carbons (Fsp3) is 0.600. The Balaban J connectivity index is 1.94. The molecule has 0 bridgehead atoms. The van der Waals surface area contributed by atoms with E-state index < -0.39 is 0 Å². The van der Waals surface area contributed by atoms with Crippen molar-refractivity contribution in [2.45, 2.75) is 51.6 Å². The molecule has 0 aromatic heterocycles. The van der Waals surface area contributed by atoms with Gasteiger partial charge in [0.15, 0.2) is 0 Å². The highest BCUT2D eigenvalue weighted by atomic mass is 79.9. The van der Waals surface area contributed by atoms with Gasteiger partial charge in [0.05, 0.1) is 5.69 Å². The van der Waals surface area contributed by atoms with Gasteiger partial charge >= 0.3 is 0 Å². The minimum Gasteiger partial charge on any atom is -0.382 e. The first-order valence-electron chi connectivity index (χ1n) is 7.02. The smallest absolute Gasteiger partial charge is 0.0501 e. The summed E-state index contributed by atoms with van der Waals surface area (Å²) in [6.07, 6.45) is 5.11. The summed E-state index contributed by atoms with van der Waals surface area (Å²) in [6.45, 7) is 5.42. The van der Waals surface area contributed by atoms with Crippen LogP contribution in [0.25, 0.3) is 0 Å². The Labute approximate surface area is 129 Å². The lowest BCUT2D eigenvalue weighted by molar-refractivity contribution is 0.371. The Morgan fingerprint density at radius 3 is 2.95 bits per heavy atom. The highest BCUT2D eigenvalue weighted by Crippen LogP contribution is 2.30. The zero-order valence-electron chi connectivity index (χ0n) is 11.6. The number of piperidine rings is 1. The molecular weight excluding hydrogens is 324 g/mol. The van der Waals surface area contributed by atoms with Crippen molar-refractivity contribution in [3.05, 3.63) is 27.2 Å². The van der Waals surface area contributed by atoms with E-state index in [2.05, 4.69) is 39.6 Å². The molecule has 1 heterocycles. The van der Waals surface area contributed by atoms with Gasteiger partial charge in [0.1, 0.15) is 0 Å². The molecule has 2 nitrogen and oxygen atoms in total. The van der Waals surface area contributed by atoms with Crippen molar-refractivity contribution in [1.82, 2.24) is 5.32 Å². The van der Waals surface area contributed by atoms with E-state index in [1.165, 1.54) is 19.3 Å². The number of nitrogens with one attached hydrogen (secondary N) is 2. The molecule has 1 aromatic rings. The first kappa shape index (κ1) is 15.1. The second kappa shape index (κ2) is 6.96. The standard InChI is InChI=1S/C15H22BrClN2/c1-10-7-13(16)15(9-14(10)17)19-11(2)8-12-5-3-4-6-18-12/h7,9,11-12,18-19H,3-6,8H2,1-2H3. The second-order valence-corrected chi connectivity index (χ2v) is 6.77. The van der Waals surface area contributed by atoms with Crippen molar-refractivity contribution in [2.24, 2.45) is 0 Å². The third-order valence-electron chi connectivity index (χ3n) is 3.70. The summed E-state index contributed by atoms with van der Waals surface area (Å²) < 4.78 is 1.08. The third kappa shape index (κ3) is 4.37. The van der Waals surface area contributed by atoms with E-state index in [1.807, 2.05) is 13.0 Å². The molecule has 1 aliphatic heterocycles. The van der Waals surface area contributed by atoms with Gasteiger partial charge in [0, 0.05) is 21.6 Å². The van der Waals surface area contributed by atoms with Crippen molar-refractivity contribution in [2.75, 3.05) is 11.9 Å². The Morgan fingerprint density at radius 2 is 2.26 bits per heavy atom. The summed E-state index contributed by atoms with van der Waals surface area (Å²) in [7, 11) is 0. The zero-order valence-corrected chi connectivity index (χ0v) is 13.9. The fourth-order valence-electron chi connectivity index (χ4n) is 2.63. The Hall–Kier alpha value is -0.250. The highest BCUT2D eigenvalue weighted by molar-refractivity contribution is 9.10. The second-order valence-electron chi connectivity index (χ2n) is 5.51. The molecule has 1 aliphatic rings. The summed E-state index contributed by atoms with van der Waals surface area (Å²) in [6, 6.07) is 5.16. The highest BCUT2D eigenvalue weighted by Gasteiger charge is 2.16. The SMILES string of the molecule is Cc1cc(Br)c(NC(C)CC2CCCCN2)cc1Cl. The van der Waals surface area contributed by atoms with Crippen molar-refractivity contribution in [3.63, 3.8) is 0 Å². The Morgan fingerprint density at radius 1 is 1.47 bits per heavy atom. The molecule has 19 heavy (non-hydrogen) atoms. The molecule has 106 valence electrons. The molecule has 2 rings (SSSR count). The predicted molar refractivity (Wildman–Crippen MR) is 87.2 cm³/mol. The minimum absolute atomic E-state index is 0.436. The molecule has 0 amide bonds. The molecule has 4 heteroatoms. The van der Waals surface area contributed by atoms with Crippen LogP contribution in [0.2, 0.25) is 5.02 Å². The van der Waals surface area contributed by atoms with E-state index in [-0.39, 0.29) is 0 Å². The average molecular weight is 346 g/mol. The molecule has 1 saturated heterocycles. The number of aryl methyl sites for hydroxylation is 1. The van der Waals surface area contributed by atoms with Crippen LogP contribution in [0.3, 0.4) is 0 Å². The van der Waals surface area contributed by atoms with E-state index in [0.717, 1.165) is 33.7 Å². The molecule has 2 atom stereocenters. The van der Waals surface area contributed by atoms with Gasteiger partial charge in [-0.05, 0) is 73.3 Å². The van der Waals surface area contributed by atoms with Gasteiger partial charge in [-0.25, -0.2) is 0 Å². The largest absolute Gasteiger partial charge is 0.382 e. The lowest BCUT2D eigenvalue weighted by Gasteiger charge is -2.27. The van der Waals surface area contributed by atoms with Crippen LogP contribution in [0, 0.1) is 6.92 Å². The zero-order chi connectivity index (χ0) is 13.8. The first-order chi connectivity index (χ1) is 9.06. The van der Waals surface area contributed by atoms with E-state index in [4.69, 9.17) is 11.6 Å².